The summed E-state index contributed by atoms with van der Waals surface area (Å²) < 4.78 is 11.9. The molecule has 0 N–H and O–H groups in total. The number of hydrogen-bond donors (Lipinski definition) is 0. The average Bonchev–Trinajstić information content (AvgIpc) is 2.84. The normalized spacial score (nSPS) is 17.4. The Balaban J connectivity index is 1.53. The van der Waals surface area contributed by atoms with Crippen LogP contribution in [-0.2, 0) is 20.7 Å². The summed E-state index contributed by atoms with van der Waals surface area (Å²) in [4.78, 5) is 28.5. The van der Waals surface area contributed by atoms with Crippen LogP contribution in [0.15, 0.2) is 72.9 Å². The summed E-state index contributed by atoms with van der Waals surface area (Å²) in [6, 6.07) is 19.4. The first-order chi connectivity index (χ1) is 17.3. The van der Waals surface area contributed by atoms with Crippen molar-refractivity contribution in [1.29, 1.82) is 0 Å². The lowest BCUT2D eigenvalue weighted by Crippen LogP contribution is -2.47. The van der Waals surface area contributed by atoms with Crippen molar-refractivity contribution >= 4 is 17.4 Å². The van der Waals surface area contributed by atoms with E-state index in [1.165, 1.54) is 5.56 Å². The molecule has 2 atom stereocenters. The van der Waals surface area contributed by atoms with Gasteiger partial charge < -0.3 is 9.47 Å². The smallest absolute Gasteiger partial charge is 0.244 e. The SMILES string of the molecule is CCOC1C=CN(c2ccc(C)cc2)C(=O)C1C(=O)Cc1ccc(Oc2cccc(C)c2C)c(C)c1. The Morgan fingerprint density at radius 1 is 0.917 bits per heavy atom. The first-order valence-electron chi connectivity index (χ1n) is 12.3. The zero-order chi connectivity index (χ0) is 25.8. The van der Waals surface area contributed by atoms with Crippen molar-refractivity contribution in [3.63, 3.8) is 0 Å². The Morgan fingerprint density at radius 2 is 1.67 bits per heavy atom. The van der Waals surface area contributed by atoms with Gasteiger partial charge in [-0.25, -0.2) is 0 Å². The molecule has 0 saturated heterocycles. The van der Waals surface area contributed by atoms with Crippen LogP contribution in [0.3, 0.4) is 0 Å². The van der Waals surface area contributed by atoms with Crippen molar-refractivity contribution in [1.82, 2.24) is 0 Å². The van der Waals surface area contributed by atoms with E-state index in [0.717, 1.165) is 39.4 Å². The Kier molecular flexibility index (Phi) is 7.70. The van der Waals surface area contributed by atoms with E-state index in [1.54, 1.807) is 17.2 Å². The Labute approximate surface area is 213 Å². The number of hydrogen-bond acceptors (Lipinski definition) is 4. The molecule has 3 aromatic rings. The van der Waals surface area contributed by atoms with Gasteiger partial charge in [0.25, 0.3) is 0 Å². The highest BCUT2D eigenvalue weighted by Crippen LogP contribution is 2.31. The molecule has 2 unspecified atom stereocenters. The molecule has 0 fully saturated rings. The highest BCUT2D eigenvalue weighted by atomic mass is 16.5. The van der Waals surface area contributed by atoms with Crippen LogP contribution in [0.2, 0.25) is 0 Å². The summed E-state index contributed by atoms with van der Waals surface area (Å²) in [5.74, 6) is 0.230. The standard InChI is InChI=1S/C31H33NO4/c1-6-35-29-16-17-32(25-13-10-20(2)11-14-25)31(34)30(29)26(33)19-24-12-15-27(22(4)18-24)36-28-9-7-8-21(3)23(28)5/h7-18,29-30H,6,19H2,1-5H3. The number of rotatable bonds is 8. The summed E-state index contributed by atoms with van der Waals surface area (Å²) in [6.07, 6.45) is 3.07. The molecule has 5 nitrogen and oxygen atoms in total. The minimum Gasteiger partial charge on any atom is -0.457 e. The highest BCUT2D eigenvalue weighted by molar-refractivity contribution is 6.11. The van der Waals surface area contributed by atoms with E-state index in [9.17, 15) is 9.59 Å². The fourth-order valence-electron chi connectivity index (χ4n) is 4.43. The molecular weight excluding hydrogens is 450 g/mol. The second kappa shape index (κ2) is 10.9. The summed E-state index contributed by atoms with van der Waals surface area (Å²) in [5.41, 5.74) is 5.87. The van der Waals surface area contributed by atoms with Crippen LogP contribution < -0.4 is 9.64 Å². The third-order valence-corrected chi connectivity index (χ3v) is 6.67. The molecule has 1 aliphatic rings. The quantitative estimate of drug-likeness (QED) is 0.348. The summed E-state index contributed by atoms with van der Waals surface area (Å²) >= 11 is 0. The molecule has 3 aromatic carbocycles. The number of carbonyl (C=O) groups excluding carboxylic acids is 2. The lowest BCUT2D eigenvalue weighted by atomic mass is 9.89. The number of anilines is 1. The maximum absolute atomic E-state index is 13.5. The number of amides is 1. The molecule has 5 heteroatoms. The largest absolute Gasteiger partial charge is 0.457 e. The van der Waals surface area contributed by atoms with E-state index in [4.69, 9.17) is 9.47 Å². The van der Waals surface area contributed by atoms with Crippen molar-refractivity contribution in [2.75, 3.05) is 11.5 Å². The summed E-state index contributed by atoms with van der Waals surface area (Å²) in [6.45, 7) is 10.3. The number of Topliss-reactive ketones (excluding diaryl/α,β-unsaturated/α-hetero) is 1. The number of aryl methyl sites for hydroxylation is 3. The zero-order valence-electron chi connectivity index (χ0n) is 21.6. The number of ketones is 1. The van der Waals surface area contributed by atoms with E-state index in [1.807, 2.05) is 82.3 Å². The van der Waals surface area contributed by atoms with Gasteiger partial charge in [-0.3, -0.25) is 14.5 Å². The van der Waals surface area contributed by atoms with Gasteiger partial charge in [0, 0.05) is 24.9 Å². The number of ether oxygens (including phenoxy) is 2. The molecule has 1 heterocycles. The van der Waals surface area contributed by atoms with Crippen LogP contribution in [0.4, 0.5) is 5.69 Å². The predicted molar refractivity (Wildman–Crippen MR) is 143 cm³/mol. The first-order valence-corrected chi connectivity index (χ1v) is 12.3. The van der Waals surface area contributed by atoms with Gasteiger partial charge in [-0.15, -0.1) is 0 Å². The lowest BCUT2D eigenvalue weighted by Gasteiger charge is -2.32. The maximum atomic E-state index is 13.5. The highest BCUT2D eigenvalue weighted by Gasteiger charge is 2.39. The molecule has 0 spiro atoms. The zero-order valence-corrected chi connectivity index (χ0v) is 21.6. The number of nitrogens with zero attached hydrogens (tertiary/aromatic N) is 1. The Morgan fingerprint density at radius 3 is 2.36 bits per heavy atom. The van der Waals surface area contributed by atoms with Gasteiger partial charge in [-0.1, -0.05) is 42.0 Å². The van der Waals surface area contributed by atoms with E-state index in [0.29, 0.717) is 6.61 Å². The monoisotopic (exact) mass is 483 g/mol. The molecule has 36 heavy (non-hydrogen) atoms. The van der Waals surface area contributed by atoms with E-state index >= 15 is 0 Å². The van der Waals surface area contributed by atoms with Crippen molar-refractivity contribution in [3.8, 4) is 11.5 Å². The van der Waals surface area contributed by atoms with Gasteiger partial charge in [0.2, 0.25) is 5.91 Å². The van der Waals surface area contributed by atoms with Gasteiger partial charge in [0.1, 0.15) is 17.4 Å². The predicted octanol–water partition coefficient (Wildman–Crippen LogP) is 6.41. The second-order valence-corrected chi connectivity index (χ2v) is 9.33. The Bertz CT molecular complexity index is 1290. The van der Waals surface area contributed by atoms with Crippen LogP contribution in [-0.4, -0.2) is 24.4 Å². The third-order valence-electron chi connectivity index (χ3n) is 6.67. The van der Waals surface area contributed by atoms with E-state index in [2.05, 4.69) is 13.0 Å². The maximum Gasteiger partial charge on any atom is 0.244 e. The van der Waals surface area contributed by atoms with Crippen LogP contribution in [0.5, 0.6) is 11.5 Å². The first kappa shape index (κ1) is 25.4. The van der Waals surface area contributed by atoms with Crippen molar-refractivity contribution in [3.05, 3.63) is 101 Å². The molecular formula is C31H33NO4. The topological polar surface area (TPSA) is 55.8 Å². The van der Waals surface area contributed by atoms with Crippen molar-refractivity contribution in [2.24, 2.45) is 5.92 Å². The van der Waals surface area contributed by atoms with Crippen LogP contribution in [0.1, 0.15) is 34.7 Å². The fourth-order valence-corrected chi connectivity index (χ4v) is 4.43. The van der Waals surface area contributed by atoms with Crippen molar-refractivity contribution < 1.29 is 19.1 Å². The second-order valence-electron chi connectivity index (χ2n) is 9.33. The van der Waals surface area contributed by atoms with Crippen LogP contribution >= 0.6 is 0 Å². The summed E-state index contributed by atoms with van der Waals surface area (Å²) in [5, 5.41) is 0. The van der Waals surface area contributed by atoms with E-state index < -0.39 is 12.0 Å². The molecule has 0 bridgehead atoms. The molecule has 1 amide bonds. The average molecular weight is 484 g/mol. The molecule has 0 radical (unpaired) electrons. The van der Waals surface area contributed by atoms with Gasteiger partial charge in [-0.05, 0) is 87.2 Å². The third kappa shape index (κ3) is 5.42. The van der Waals surface area contributed by atoms with Crippen LogP contribution in [0, 0.1) is 33.6 Å². The Hall–Kier alpha value is -3.70. The molecule has 0 aromatic heterocycles. The molecule has 186 valence electrons. The molecule has 0 aliphatic carbocycles. The van der Waals surface area contributed by atoms with Crippen molar-refractivity contribution in [2.45, 2.75) is 47.1 Å². The van der Waals surface area contributed by atoms with E-state index in [-0.39, 0.29) is 18.1 Å². The number of carbonyl (C=O) groups is 2. The minimum atomic E-state index is -0.901. The molecule has 0 saturated carbocycles. The van der Waals surface area contributed by atoms with Crippen LogP contribution in [0.25, 0.3) is 0 Å². The number of benzene rings is 3. The molecule has 1 aliphatic heterocycles. The van der Waals surface area contributed by atoms with Gasteiger partial charge in [-0.2, -0.15) is 0 Å². The summed E-state index contributed by atoms with van der Waals surface area (Å²) in [7, 11) is 0. The van der Waals surface area contributed by atoms with Gasteiger partial charge in [0.15, 0.2) is 5.78 Å². The van der Waals surface area contributed by atoms with Gasteiger partial charge in [0.05, 0.1) is 6.10 Å². The lowest BCUT2D eigenvalue weighted by molar-refractivity contribution is -0.137. The van der Waals surface area contributed by atoms with Gasteiger partial charge >= 0.3 is 0 Å². The minimum absolute atomic E-state index is 0.139. The molecule has 4 rings (SSSR count). The fraction of sp³-hybridized carbons (Fsp3) is 0.290.